The van der Waals surface area contributed by atoms with Crippen LogP contribution in [-0.4, -0.2) is 13.2 Å². The molecule has 0 aliphatic rings. The molecule has 4 N–H and O–H groups in total. The van der Waals surface area contributed by atoms with Gasteiger partial charge in [0.25, 0.3) is 0 Å². The van der Waals surface area contributed by atoms with Gasteiger partial charge in [-0.1, -0.05) is 0 Å². The summed E-state index contributed by atoms with van der Waals surface area (Å²) in [6.07, 6.45) is 0. The Morgan fingerprint density at radius 3 is 1.92 bits per heavy atom. The van der Waals surface area contributed by atoms with E-state index < -0.39 is 45.8 Å². The van der Waals surface area contributed by atoms with Crippen LogP contribution in [0.4, 0.5) is 20.2 Å². The molecule has 24 heavy (non-hydrogen) atoms. The molecule has 0 spiro atoms. The Bertz CT molecular complexity index is 774. The highest BCUT2D eigenvalue weighted by Crippen LogP contribution is 2.54. The molecular weight excluding hydrogens is 409 g/mol. The molecule has 1 aromatic carbocycles. The fourth-order valence-electron chi connectivity index (χ4n) is 2.08. The summed E-state index contributed by atoms with van der Waals surface area (Å²) < 4.78 is 51.3. The second kappa shape index (κ2) is 7.45. The smallest absolute Gasteiger partial charge is 0.364 e. The summed E-state index contributed by atoms with van der Waals surface area (Å²) in [5.41, 5.74) is 8.06. The lowest BCUT2D eigenvalue weighted by Gasteiger charge is -2.25. The third kappa shape index (κ3) is 3.52. The van der Waals surface area contributed by atoms with E-state index in [1.165, 1.54) is 19.9 Å². The number of nitrogens with zero attached hydrogens (tertiary/aromatic N) is 2. The van der Waals surface area contributed by atoms with Gasteiger partial charge in [0.05, 0.1) is 41.0 Å². The van der Waals surface area contributed by atoms with E-state index in [1.807, 2.05) is 0 Å². The number of nitrogens with two attached hydrogens (primary N) is 2. The maximum absolute atomic E-state index is 14.1. The van der Waals surface area contributed by atoms with Crippen molar-refractivity contribution in [1.29, 1.82) is 10.5 Å². The van der Waals surface area contributed by atoms with E-state index in [1.54, 1.807) is 6.07 Å². The van der Waals surface area contributed by atoms with E-state index in [0.29, 0.717) is 0 Å². The van der Waals surface area contributed by atoms with E-state index in [2.05, 4.69) is 15.9 Å². The molecule has 0 aromatic heterocycles. The molecule has 0 saturated heterocycles. The van der Waals surface area contributed by atoms with Crippen LogP contribution in [0.1, 0.15) is 30.5 Å². The van der Waals surface area contributed by atoms with Gasteiger partial charge in [-0.3, -0.25) is 4.57 Å². The maximum Gasteiger partial charge on any atom is 0.364 e. The first-order chi connectivity index (χ1) is 11.1. The van der Waals surface area contributed by atoms with Gasteiger partial charge in [0.1, 0.15) is 17.7 Å². The van der Waals surface area contributed by atoms with E-state index >= 15 is 0 Å². The molecule has 0 saturated carbocycles. The first-order valence-corrected chi connectivity index (χ1v) is 8.94. The highest BCUT2D eigenvalue weighted by atomic mass is 79.9. The predicted molar refractivity (Wildman–Crippen MR) is 88.0 cm³/mol. The molecule has 0 amide bonds. The minimum Gasteiger partial charge on any atom is -0.397 e. The summed E-state index contributed by atoms with van der Waals surface area (Å²) in [7, 11) is -4.34. The van der Waals surface area contributed by atoms with Crippen molar-refractivity contribution >= 4 is 40.2 Å². The van der Waals surface area contributed by atoms with Crippen LogP contribution in [0.5, 0.6) is 0 Å². The summed E-state index contributed by atoms with van der Waals surface area (Å²) in [5.74, 6) is 0. The molecule has 11 heteroatoms. The standard InChI is InChI=1S/C13H14BrF2N4O3P/c1-3-22-24(21,23-4-2)12-9(13(14,15)16)7(5-17)10(19)8(6-18)11(12)20/h3-4,19-20H2,1-2H3. The van der Waals surface area contributed by atoms with Crippen molar-refractivity contribution in [1.82, 2.24) is 0 Å². The van der Waals surface area contributed by atoms with Crippen LogP contribution < -0.4 is 16.8 Å². The molecule has 0 fully saturated rings. The molecule has 0 atom stereocenters. The Balaban J connectivity index is 4.12. The zero-order valence-corrected chi connectivity index (χ0v) is 15.2. The van der Waals surface area contributed by atoms with Crippen LogP contribution >= 0.6 is 23.5 Å². The number of nitriles is 2. The van der Waals surface area contributed by atoms with E-state index in [4.69, 9.17) is 20.5 Å². The topological polar surface area (TPSA) is 135 Å². The first-order valence-electron chi connectivity index (χ1n) is 6.60. The summed E-state index contributed by atoms with van der Waals surface area (Å²) in [6.45, 7) is 2.67. The minimum absolute atomic E-state index is 0.141. The van der Waals surface area contributed by atoms with Crippen molar-refractivity contribution in [2.24, 2.45) is 0 Å². The average molecular weight is 423 g/mol. The predicted octanol–water partition coefficient (Wildman–Crippen LogP) is 2.93. The number of anilines is 2. The number of alkyl halides is 3. The van der Waals surface area contributed by atoms with E-state index in [0.717, 1.165) is 0 Å². The molecule has 7 nitrogen and oxygen atoms in total. The molecule has 0 aliphatic heterocycles. The number of hydrogen-bond acceptors (Lipinski definition) is 7. The molecule has 0 unspecified atom stereocenters. The molecule has 0 aliphatic carbocycles. The lowest BCUT2D eigenvalue weighted by Crippen LogP contribution is -2.28. The van der Waals surface area contributed by atoms with Crippen LogP contribution in [-0.2, 0) is 18.4 Å². The van der Waals surface area contributed by atoms with Crippen molar-refractivity contribution in [3.05, 3.63) is 16.7 Å². The SMILES string of the molecule is CCOP(=O)(OCC)c1c(N)c(C#N)c(N)c(C#N)c1C(F)(F)Br. The second-order valence-electron chi connectivity index (χ2n) is 4.36. The summed E-state index contributed by atoms with van der Waals surface area (Å²) >= 11 is 2.13. The molecule has 1 aromatic rings. The van der Waals surface area contributed by atoms with Gasteiger partial charge in [-0.05, 0) is 29.8 Å². The quantitative estimate of drug-likeness (QED) is 0.408. The van der Waals surface area contributed by atoms with Gasteiger partial charge in [-0.2, -0.15) is 19.3 Å². The molecule has 130 valence electrons. The lowest BCUT2D eigenvalue weighted by atomic mass is 10.0. The third-order valence-electron chi connectivity index (χ3n) is 2.93. The van der Waals surface area contributed by atoms with Crippen LogP contribution in [0, 0.1) is 22.7 Å². The summed E-state index contributed by atoms with van der Waals surface area (Å²) in [4.78, 5) is -3.81. The van der Waals surface area contributed by atoms with Gasteiger partial charge in [0, 0.05) is 0 Å². The lowest BCUT2D eigenvalue weighted by molar-refractivity contribution is 0.115. The number of halogens is 3. The van der Waals surface area contributed by atoms with Crippen LogP contribution in [0.15, 0.2) is 0 Å². The Hall–Kier alpha value is -1.71. The second-order valence-corrected chi connectivity index (χ2v) is 7.31. The highest BCUT2D eigenvalue weighted by molar-refractivity contribution is 9.09. The summed E-state index contributed by atoms with van der Waals surface area (Å²) in [6, 6.07) is 3.12. The van der Waals surface area contributed by atoms with Gasteiger partial charge >= 0.3 is 12.4 Å². The van der Waals surface area contributed by atoms with Gasteiger partial charge in [0.15, 0.2) is 0 Å². The molecule has 0 radical (unpaired) electrons. The summed E-state index contributed by atoms with van der Waals surface area (Å²) in [5, 5.41) is 17.7. The Labute approximate surface area is 145 Å². The fraction of sp³-hybridized carbons (Fsp3) is 0.385. The van der Waals surface area contributed by atoms with E-state index in [-0.39, 0.29) is 13.2 Å². The number of nitrogen functional groups attached to an aromatic ring is 2. The third-order valence-corrected chi connectivity index (χ3v) is 5.53. The van der Waals surface area contributed by atoms with Crippen LogP contribution in [0.3, 0.4) is 0 Å². The van der Waals surface area contributed by atoms with Crippen LogP contribution in [0.25, 0.3) is 0 Å². The van der Waals surface area contributed by atoms with Crippen molar-refractivity contribution in [3.63, 3.8) is 0 Å². The zero-order valence-electron chi connectivity index (χ0n) is 12.8. The largest absolute Gasteiger partial charge is 0.397 e. The van der Waals surface area contributed by atoms with Gasteiger partial charge < -0.3 is 20.5 Å². The van der Waals surface area contributed by atoms with Crippen molar-refractivity contribution < 1.29 is 22.4 Å². The number of rotatable bonds is 6. The van der Waals surface area contributed by atoms with Crippen molar-refractivity contribution in [2.45, 2.75) is 18.7 Å². The molecular formula is C13H14BrF2N4O3P. The van der Waals surface area contributed by atoms with Gasteiger partial charge in [0.2, 0.25) is 0 Å². The zero-order chi connectivity index (χ0) is 18.7. The Morgan fingerprint density at radius 1 is 1.12 bits per heavy atom. The normalized spacial score (nSPS) is 11.8. The number of benzene rings is 1. The molecule has 1 rings (SSSR count). The minimum atomic E-state index is -4.34. The maximum atomic E-state index is 14.1. The number of hydrogen-bond donors (Lipinski definition) is 2. The fourth-order valence-corrected chi connectivity index (χ4v) is 4.57. The van der Waals surface area contributed by atoms with Crippen molar-refractivity contribution in [3.8, 4) is 12.1 Å². The van der Waals surface area contributed by atoms with Crippen molar-refractivity contribution in [2.75, 3.05) is 24.7 Å². The average Bonchev–Trinajstić information content (AvgIpc) is 2.46. The molecule has 0 bridgehead atoms. The Morgan fingerprint density at radius 2 is 1.58 bits per heavy atom. The highest BCUT2D eigenvalue weighted by Gasteiger charge is 2.45. The first kappa shape index (κ1) is 20.3. The van der Waals surface area contributed by atoms with Crippen LogP contribution in [0.2, 0.25) is 0 Å². The monoisotopic (exact) mass is 422 g/mol. The Kier molecular flexibility index (Phi) is 6.32. The molecule has 0 heterocycles. The van der Waals surface area contributed by atoms with Gasteiger partial charge in [-0.25, -0.2) is 0 Å². The van der Waals surface area contributed by atoms with Gasteiger partial charge in [-0.15, -0.1) is 0 Å². The van der Waals surface area contributed by atoms with E-state index in [9.17, 15) is 23.9 Å².